The Bertz CT molecular complexity index is 299. The fraction of sp³-hybridized carbons (Fsp3) is 0.929. The molecule has 1 atom stereocenters. The number of thioether (sulfide) groups is 1. The maximum absolute atomic E-state index is 12.5. The van der Waals surface area contributed by atoms with Gasteiger partial charge in [-0.3, -0.25) is 4.79 Å². The van der Waals surface area contributed by atoms with Crippen molar-refractivity contribution >= 4 is 40.7 Å². The van der Waals surface area contributed by atoms with E-state index in [4.69, 9.17) is 27.9 Å². The molecule has 0 aromatic heterocycles. The smallest absolute Gasteiger partial charge is 0.207 e. The van der Waals surface area contributed by atoms with Crippen LogP contribution in [-0.4, -0.2) is 26.9 Å². The van der Waals surface area contributed by atoms with E-state index >= 15 is 0 Å². The zero-order chi connectivity index (χ0) is 13.9. The molecule has 5 heteroatoms. The lowest BCUT2D eigenvalue weighted by molar-refractivity contribution is -0.129. The van der Waals surface area contributed by atoms with Gasteiger partial charge in [-0.1, -0.05) is 36.5 Å². The molecule has 2 nitrogen and oxygen atoms in total. The maximum atomic E-state index is 12.5. The number of carbonyl (C=O) groups is 1. The van der Waals surface area contributed by atoms with E-state index in [0.29, 0.717) is 11.7 Å². The van der Waals surface area contributed by atoms with Crippen molar-refractivity contribution in [2.24, 2.45) is 0 Å². The van der Waals surface area contributed by atoms with Crippen molar-refractivity contribution in [3.8, 4) is 0 Å². The molecule has 1 unspecified atom stereocenters. The first-order valence-corrected chi connectivity index (χ1v) is 8.96. The second-order valence-corrected chi connectivity index (χ2v) is 8.38. The van der Waals surface area contributed by atoms with Crippen LogP contribution in [0, 0.1) is 0 Å². The normalized spacial score (nSPS) is 32.5. The Hall–Kier alpha value is 0.560. The number of halogens is 2. The van der Waals surface area contributed by atoms with Crippen molar-refractivity contribution in [3.63, 3.8) is 0 Å². The van der Waals surface area contributed by atoms with Crippen LogP contribution in [0.4, 0.5) is 0 Å². The van der Waals surface area contributed by atoms with Gasteiger partial charge in [0.1, 0.15) is 0 Å². The average Bonchev–Trinajstić information content (AvgIpc) is 2.25. The third-order valence-electron chi connectivity index (χ3n) is 3.88. The van der Waals surface area contributed by atoms with E-state index in [1.54, 1.807) is 11.8 Å². The maximum Gasteiger partial charge on any atom is 0.207 e. The molecule has 2 aliphatic heterocycles. The number of rotatable bonds is 4. The van der Waals surface area contributed by atoms with Gasteiger partial charge in [0.15, 0.2) is 9.77 Å². The topological polar surface area (TPSA) is 26.3 Å². The van der Waals surface area contributed by atoms with E-state index in [1.807, 2.05) is 6.92 Å². The molecule has 0 aromatic rings. The molecule has 19 heavy (non-hydrogen) atoms. The number of hydrogen-bond acceptors (Lipinski definition) is 3. The lowest BCUT2D eigenvalue weighted by Gasteiger charge is -2.35. The van der Waals surface area contributed by atoms with E-state index < -0.39 is 9.77 Å². The Kier molecular flexibility index (Phi) is 5.89. The van der Waals surface area contributed by atoms with Gasteiger partial charge in [0.2, 0.25) is 5.78 Å². The number of fused-ring (bicyclic) bond motifs is 6. The Morgan fingerprint density at radius 1 is 1.26 bits per heavy atom. The zero-order valence-electron chi connectivity index (χ0n) is 11.4. The summed E-state index contributed by atoms with van der Waals surface area (Å²) in [7, 11) is 0. The van der Waals surface area contributed by atoms with Crippen LogP contribution in [0.15, 0.2) is 0 Å². The van der Waals surface area contributed by atoms with Crippen LogP contribution in [0.25, 0.3) is 0 Å². The molecule has 1 aliphatic carbocycles. The van der Waals surface area contributed by atoms with E-state index in [-0.39, 0.29) is 11.9 Å². The number of Topliss-reactive ketones (excluding diaryl/α,β-unsaturated/α-hetero) is 1. The van der Waals surface area contributed by atoms with Gasteiger partial charge >= 0.3 is 0 Å². The van der Waals surface area contributed by atoms with Crippen LogP contribution in [0.3, 0.4) is 0 Å². The first kappa shape index (κ1) is 15.9. The Labute approximate surface area is 129 Å². The standard InChI is InChI=1S/C14H22Cl2O2S/c1-2-9-14(15,16)12(17)13-18-10-5-3-7-11(19-13)8-4-6-10/h10-11,13H,2-9H2,1H3. The summed E-state index contributed by atoms with van der Waals surface area (Å²) >= 11 is 14.0. The van der Waals surface area contributed by atoms with Crippen molar-refractivity contribution in [3.05, 3.63) is 0 Å². The molecule has 0 amide bonds. The predicted molar refractivity (Wildman–Crippen MR) is 82.1 cm³/mol. The van der Waals surface area contributed by atoms with Crippen molar-refractivity contribution in [1.82, 2.24) is 0 Å². The van der Waals surface area contributed by atoms with E-state index in [0.717, 1.165) is 19.3 Å². The molecule has 2 saturated heterocycles. The lowest BCUT2D eigenvalue weighted by Crippen LogP contribution is -2.41. The van der Waals surface area contributed by atoms with Crippen molar-refractivity contribution in [2.75, 3.05) is 0 Å². The van der Waals surface area contributed by atoms with Crippen LogP contribution >= 0.6 is 35.0 Å². The monoisotopic (exact) mass is 324 g/mol. The average molecular weight is 325 g/mol. The molecular weight excluding hydrogens is 303 g/mol. The minimum absolute atomic E-state index is 0.151. The van der Waals surface area contributed by atoms with Gasteiger partial charge in [-0.25, -0.2) is 0 Å². The largest absolute Gasteiger partial charge is 0.356 e. The number of hydrogen-bond donors (Lipinski definition) is 0. The highest BCUT2D eigenvalue weighted by molar-refractivity contribution is 8.01. The first-order chi connectivity index (χ1) is 9.03. The summed E-state index contributed by atoms with van der Waals surface area (Å²) in [4.78, 5) is 12.5. The molecular formula is C14H22Cl2O2S. The molecule has 0 radical (unpaired) electrons. The predicted octanol–water partition coefficient (Wildman–Crippen LogP) is 4.71. The fourth-order valence-electron chi connectivity index (χ4n) is 2.82. The highest BCUT2D eigenvalue weighted by Crippen LogP contribution is 2.40. The highest BCUT2D eigenvalue weighted by Gasteiger charge is 2.42. The van der Waals surface area contributed by atoms with Crippen LogP contribution in [0.5, 0.6) is 0 Å². The number of ether oxygens (including phenoxy) is 1. The first-order valence-electron chi connectivity index (χ1n) is 7.26. The molecule has 1 saturated carbocycles. The molecule has 0 N–H and O–H groups in total. The van der Waals surface area contributed by atoms with E-state index in [1.165, 1.54) is 25.7 Å². The van der Waals surface area contributed by atoms with Crippen molar-refractivity contribution in [1.29, 1.82) is 0 Å². The molecule has 3 fully saturated rings. The van der Waals surface area contributed by atoms with Gasteiger partial charge in [-0.05, 0) is 44.9 Å². The number of ketones is 1. The summed E-state index contributed by atoms with van der Waals surface area (Å²) < 4.78 is 4.71. The third-order valence-corrected chi connectivity index (χ3v) is 6.05. The van der Waals surface area contributed by atoms with Crippen molar-refractivity contribution in [2.45, 2.75) is 79.4 Å². The Balaban J connectivity index is 2.08. The summed E-state index contributed by atoms with van der Waals surface area (Å²) in [6.07, 6.45) is 8.37. The molecule has 110 valence electrons. The van der Waals surface area contributed by atoms with E-state index in [9.17, 15) is 4.79 Å². The molecule has 2 heterocycles. The second kappa shape index (κ2) is 7.02. The highest BCUT2D eigenvalue weighted by atomic mass is 35.5. The molecule has 3 aliphatic rings. The molecule has 2 bridgehead atoms. The minimum atomic E-state index is -1.29. The summed E-state index contributed by atoms with van der Waals surface area (Å²) in [6, 6.07) is 0. The van der Waals surface area contributed by atoms with Crippen LogP contribution < -0.4 is 0 Å². The van der Waals surface area contributed by atoms with Gasteiger partial charge in [0.25, 0.3) is 0 Å². The van der Waals surface area contributed by atoms with Gasteiger partial charge in [-0.2, -0.15) is 0 Å². The number of alkyl halides is 2. The summed E-state index contributed by atoms with van der Waals surface area (Å²) in [5.41, 5.74) is -0.475. The molecule has 0 aromatic carbocycles. The summed E-state index contributed by atoms with van der Waals surface area (Å²) in [5.74, 6) is -0.151. The summed E-state index contributed by atoms with van der Waals surface area (Å²) in [5, 5.41) is 0.515. The van der Waals surface area contributed by atoms with Crippen LogP contribution in [-0.2, 0) is 9.53 Å². The Morgan fingerprint density at radius 3 is 2.47 bits per heavy atom. The Morgan fingerprint density at radius 2 is 1.89 bits per heavy atom. The summed E-state index contributed by atoms with van der Waals surface area (Å²) in [6.45, 7) is 1.98. The van der Waals surface area contributed by atoms with Crippen LogP contribution in [0.1, 0.15) is 58.3 Å². The number of carbonyl (C=O) groups excluding carboxylic acids is 1. The third kappa shape index (κ3) is 4.26. The van der Waals surface area contributed by atoms with Gasteiger partial charge in [0.05, 0.1) is 6.10 Å². The quantitative estimate of drug-likeness (QED) is 0.700. The zero-order valence-corrected chi connectivity index (χ0v) is 13.7. The van der Waals surface area contributed by atoms with Gasteiger partial charge in [-0.15, -0.1) is 11.8 Å². The SMILES string of the molecule is CCCC(Cl)(Cl)C(=O)C1OC2CCCC(CCC2)S1. The van der Waals surface area contributed by atoms with Crippen molar-refractivity contribution < 1.29 is 9.53 Å². The van der Waals surface area contributed by atoms with Gasteiger partial charge in [0, 0.05) is 5.25 Å². The van der Waals surface area contributed by atoms with E-state index in [2.05, 4.69) is 0 Å². The lowest BCUT2D eigenvalue weighted by atomic mass is 9.98. The molecule has 3 rings (SSSR count). The molecule has 0 spiro atoms. The minimum Gasteiger partial charge on any atom is -0.356 e. The van der Waals surface area contributed by atoms with Gasteiger partial charge < -0.3 is 4.74 Å². The fourth-order valence-corrected chi connectivity index (χ4v) is 5.03. The van der Waals surface area contributed by atoms with Crippen LogP contribution in [0.2, 0.25) is 0 Å². The second-order valence-electron chi connectivity index (χ2n) is 5.53.